The zero-order valence-corrected chi connectivity index (χ0v) is 15.3. The monoisotopic (exact) mass is 368 g/mol. The molecule has 0 heterocycles. The van der Waals surface area contributed by atoms with Crippen LogP contribution < -0.4 is 0 Å². The van der Waals surface area contributed by atoms with E-state index in [2.05, 4.69) is 0 Å². The highest BCUT2D eigenvalue weighted by Gasteiger charge is 2.44. The molecule has 0 aromatic heterocycles. The molecule has 0 aliphatic heterocycles. The van der Waals surface area contributed by atoms with E-state index in [-0.39, 0.29) is 0 Å². The molecule has 2 N–H and O–H groups in total. The average molecular weight is 368 g/mol. The summed E-state index contributed by atoms with van der Waals surface area (Å²) in [6, 6.07) is 29.0. The molecule has 26 heavy (non-hydrogen) atoms. The van der Waals surface area contributed by atoms with Crippen LogP contribution in [0.15, 0.2) is 91.0 Å². The van der Waals surface area contributed by atoms with Gasteiger partial charge in [0.15, 0.2) is 0 Å². The first kappa shape index (κ1) is 18.6. The zero-order valence-electron chi connectivity index (χ0n) is 14.4. The van der Waals surface area contributed by atoms with Gasteiger partial charge in [0.1, 0.15) is 0 Å². The van der Waals surface area contributed by atoms with E-state index >= 15 is 0 Å². The molecule has 3 aromatic rings. The van der Waals surface area contributed by atoms with Crippen LogP contribution in [0.3, 0.4) is 0 Å². The second kappa shape index (κ2) is 7.56. The Hall–Kier alpha value is -2.23. The average Bonchev–Trinajstić information content (AvgIpc) is 2.64. The molecular weight excluding hydrogens is 347 g/mol. The second-order valence-electron chi connectivity index (χ2n) is 6.14. The van der Waals surface area contributed by atoms with Crippen LogP contribution in [0, 0.1) is 0 Å². The standard InChI is InChI=1S/C21H21O4P/c1-17(25-26(22,23)24)21(18-11-5-2-6-12-18,19-13-7-3-8-14-19)20-15-9-4-10-16-20/h2-17H,1H3,(H2,22,23,24). The van der Waals surface area contributed by atoms with Crippen molar-refractivity contribution in [2.75, 3.05) is 0 Å². The summed E-state index contributed by atoms with van der Waals surface area (Å²) in [5.74, 6) is 0. The molecule has 0 aliphatic rings. The molecule has 0 aliphatic carbocycles. The van der Waals surface area contributed by atoms with E-state index < -0.39 is 19.3 Å². The minimum absolute atomic E-state index is 0.810. The van der Waals surface area contributed by atoms with Crippen LogP contribution in [-0.2, 0) is 14.5 Å². The normalized spacial score (nSPS) is 13.3. The minimum Gasteiger partial charge on any atom is -0.303 e. The van der Waals surface area contributed by atoms with Crippen molar-refractivity contribution in [3.8, 4) is 0 Å². The van der Waals surface area contributed by atoms with Crippen molar-refractivity contribution in [3.05, 3.63) is 108 Å². The van der Waals surface area contributed by atoms with Crippen LogP contribution in [0.5, 0.6) is 0 Å². The number of phosphoric ester groups is 1. The Morgan fingerprint density at radius 1 is 0.731 bits per heavy atom. The molecule has 134 valence electrons. The van der Waals surface area contributed by atoms with Crippen molar-refractivity contribution in [1.82, 2.24) is 0 Å². The predicted molar refractivity (Wildman–Crippen MR) is 102 cm³/mol. The molecule has 1 unspecified atom stereocenters. The van der Waals surface area contributed by atoms with Gasteiger partial charge in [0.25, 0.3) is 0 Å². The highest BCUT2D eigenvalue weighted by Crippen LogP contribution is 2.49. The van der Waals surface area contributed by atoms with Gasteiger partial charge in [-0.25, -0.2) is 4.57 Å². The molecule has 3 aromatic carbocycles. The second-order valence-corrected chi connectivity index (χ2v) is 7.34. The summed E-state index contributed by atoms with van der Waals surface area (Å²) < 4.78 is 16.9. The fraction of sp³-hybridized carbons (Fsp3) is 0.143. The molecule has 5 heteroatoms. The molecule has 0 saturated carbocycles. The summed E-state index contributed by atoms with van der Waals surface area (Å²) >= 11 is 0. The predicted octanol–water partition coefficient (Wildman–Crippen LogP) is 4.52. The summed E-state index contributed by atoms with van der Waals surface area (Å²) in [5, 5.41) is 0. The summed E-state index contributed by atoms with van der Waals surface area (Å²) in [7, 11) is -4.68. The van der Waals surface area contributed by atoms with E-state index in [1.807, 2.05) is 91.0 Å². The number of hydrogen-bond donors (Lipinski definition) is 2. The van der Waals surface area contributed by atoms with Crippen LogP contribution in [0.1, 0.15) is 23.6 Å². The Morgan fingerprint density at radius 3 is 1.31 bits per heavy atom. The van der Waals surface area contributed by atoms with Gasteiger partial charge in [-0.15, -0.1) is 0 Å². The van der Waals surface area contributed by atoms with Gasteiger partial charge in [-0.05, 0) is 23.6 Å². The van der Waals surface area contributed by atoms with E-state index in [0.717, 1.165) is 16.7 Å². The Morgan fingerprint density at radius 2 is 1.04 bits per heavy atom. The van der Waals surface area contributed by atoms with Gasteiger partial charge >= 0.3 is 7.82 Å². The molecular formula is C21H21O4P. The lowest BCUT2D eigenvalue weighted by Gasteiger charge is -2.40. The maximum absolute atomic E-state index is 11.7. The lowest BCUT2D eigenvalue weighted by atomic mass is 9.66. The maximum Gasteiger partial charge on any atom is 0.469 e. The van der Waals surface area contributed by atoms with Crippen LogP contribution in [-0.4, -0.2) is 15.9 Å². The third-order valence-electron chi connectivity index (χ3n) is 4.59. The van der Waals surface area contributed by atoms with Crippen molar-refractivity contribution in [3.63, 3.8) is 0 Å². The first-order valence-corrected chi connectivity index (χ1v) is 9.88. The van der Waals surface area contributed by atoms with Crippen LogP contribution in [0.25, 0.3) is 0 Å². The lowest BCUT2D eigenvalue weighted by Crippen LogP contribution is -2.41. The van der Waals surface area contributed by atoms with Gasteiger partial charge < -0.3 is 9.79 Å². The van der Waals surface area contributed by atoms with Crippen molar-refractivity contribution in [2.24, 2.45) is 0 Å². The first-order valence-electron chi connectivity index (χ1n) is 8.35. The Balaban J connectivity index is 2.33. The fourth-order valence-corrected chi connectivity index (χ4v) is 4.16. The summed E-state index contributed by atoms with van der Waals surface area (Å²) in [4.78, 5) is 19.0. The van der Waals surface area contributed by atoms with Crippen molar-refractivity contribution >= 4 is 7.82 Å². The van der Waals surface area contributed by atoms with E-state index in [9.17, 15) is 14.4 Å². The topological polar surface area (TPSA) is 66.8 Å². The summed E-state index contributed by atoms with van der Waals surface area (Å²) in [6.45, 7) is 1.70. The molecule has 0 saturated heterocycles. The molecule has 0 amide bonds. The Labute approximate surface area is 153 Å². The quantitative estimate of drug-likeness (QED) is 0.496. The van der Waals surface area contributed by atoms with Crippen LogP contribution >= 0.6 is 7.82 Å². The molecule has 0 bridgehead atoms. The van der Waals surface area contributed by atoms with Crippen molar-refractivity contribution in [2.45, 2.75) is 18.4 Å². The van der Waals surface area contributed by atoms with Crippen LogP contribution in [0.2, 0.25) is 0 Å². The minimum atomic E-state index is -4.68. The molecule has 0 radical (unpaired) electrons. The van der Waals surface area contributed by atoms with Gasteiger partial charge in [-0.3, -0.25) is 4.52 Å². The van der Waals surface area contributed by atoms with Crippen LogP contribution in [0.4, 0.5) is 0 Å². The number of benzene rings is 3. The van der Waals surface area contributed by atoms with E-state index in [4.69, 9.17) is 4.52 Å². The largest absolute Gasteiger partial charge is 0.469 e. The third kappa shape index (κ3) is 3.64. The molecule has 4 nitrogen and oxygen atoms in total. The van der Waals surface area contributed by atoms with Gasteiger partial charge in [0.2, 0.25) is 0 Å². The van der Waals surface area contributed by atoms with Gasteiger partial charge in [-0.1, -0.05) is 91.0 Å². The van der Waals surface area contributed by atoms with Gasteiger partial charge in [0, 0.05) is 0 Å². The number of hydrogen-bond acceptors (Lipinski definition) is 2. The first-order chi connectivity index (χ1) is 12.4. The van der Waals surface area contributed by atoms with Gasteiger partial charge in [-0.2, -0.15) is 0 Å². The van der Waals surface area contributed by atoms with E-state index in [1.165, 1.54) is 0 Å². The number of rotatable bonds is 6. The Bertz CT molecular complexity index is 779. The maximum atomic E-state index is 11.7. The van der Waals surface area contributed by atoms with Crippen molar-refractivity contribution in [1.29, 1.82) is 0 Å². The molecule has 1 atom stereocenters. The molecule has 0 spiro atoms. The number of phosphoric acid groups is 1. The SMILES string of the molecule is CC(OP(=O)(O)O)C(c1ccccc1)(c1ccccc1)c1ccccc1. The Kier molecular flexibility index (Phi) is 5.40. The molecule has 0 fully saturated rings. The summed E-state index contributed by atoms with van der Waals surface area (Å²) in [5.41, 5.74) is 1.83. The summed E-state index contributed by atoms with van der Waals surface area (Å²) in [6.07, 6.45) is -0.810. The smallest absolute Gasteiger partial charge is 0.303 e. The van der Waals surface area contributed by atoms with E-state index in [0.29, 0.717) is 0 Å². The van der Waals surface area contributed by atoms with Gasteiger partial charge in [0.05, 0.1) is 11.5 Å². The van der Waals surface area contributed by atoms with E-state index in [1.54, 1.807) is 6.92 Å². The van der Waals surface area contributed by atoms with Crippen molar-refractivity contribution < 1.29 is 18.9 Å². The highest BCUT2D eigenvalue weighted by molar-refractivity contribution is 7.46. The molecule has 3 rings (SSSR count). The third-order valence-corrected chi connectivity index (χ3v) is 5.18. The highest BCUT2D eigenvalue weighted by atomic mass is 31.2. The zero-order chi connectivity index (χ0) is 18.6. The lowest BCUT2D eigenvalue weighted by molar-refractivity contribution is 0.110. The fourth-order valence-electron chi connectivity index (χ4n) is 3.59.